The van der Waals surface area contributed by atoms with Crippen LogP contribution in [0.15, 0.2) is 11.6 Å². The van der Waals surface area contributed by atoms with Gasteiger partial charge in [-0.1, -0.05) is 39.7 Å². The minimum absolute atomic E-state index is 0.00186. The molecule has 6 rings (SSSR count). The van der Waals surface area contributed by atoms with E-state index >= 15 is 0 Å². The van der Waals surface area contributed by atoms with Crippen molar-refractivity contribution in [3.8, 4) is 0 Å². The van der Waals surface area contributed by atoms with Crippen molar-refractivity contribution < 1.29 is 14.3 Å². The lowest BCUT2D eigenvalue weighted by molar-refractivity contribution is -0.162. The Hall–Kier alpha value is -1.12. The van der Waals surface area contributed by atoms with Crippen molar-refractivity contribution in [2.75, 3.05) is 0 Å². The molecule has 1 aliphatic heterocycles. The molecule has 30 heavy (non-hydrogen) atoms. The molecule has 0 bridgehead atoms. The summed E-state index contributed by atoms with van der Waals surface area (Å²) in [4.78, 5) is 24.9. The van der Waals surface area contributed by atoms with E-state index in [2.05, 4.69) is 33.8 Å². The van der Waals surface area contributed by atoms with Crippen LogP contribution in [0, 0.1) is 51.8 Å². The van der Waals surface area contributed by atoms with Crippen molar-refractivity contribution in [2.24, 2.45) is 51.8 Å². The van der Waals surface area contributed by atoms with E-state index in [1.165, 1.54) is 31.3 Å². The molecule has 9 atom stereocenters. The average Bonchev–Trinajstić information content (AvgIpc) is 3.62. The Bertz CT molecular complexity index is 837. The van der Waals surface area contributed by atoms with Crippen molar-refractivity contribution in [3.05, 3.63) is 11.6 Å². The van der Waals surface area contributed by atoms with Crippen LogP contribution >= 0.6 is 0 Å². The fourth-order valence-electron chi connectivity index (χ4n) is 9.27. The van der Waals surface area contributed by atoms with Crippen LogP contribution < -0.4 is 0 Å². The molecule has 164 valence electrons. The number of allylic oxidation sites excluding steroid dienone is 2. The van der Waals surface area contributed by atoms with Crippen LogP contribution in [0.3, 0.4) is 0 Å². The molecular formula is C27H38O3. The molecule has 0 aromatic heterocycles. The molecule has 5 fully saturated rings. The zero-order valence-corrected chi connectivity index (χ0v) is 19.2. The highest BCUT2D eigenvalue weighted by atomic mass is 16.5. The van der Waals surface area contributed by atoms with E-state index in [0.717, 1.165) is 37.5 Å². The standard InChI is InChI=1S/C27H38O3/c1-5-15(2)24-23-17-12-16(17)19-13-20(28)27(10-11-27)14-26(19,4)18(23)8-9-25(24,3)21-6-7-22(29)30-21/h13,15-18,21,23-24H,5-12,14H2,1-4H3/t15?,16-,17+,18?,21+,23?,24?,25+,26+/m0/s1. The molecule has 3 heteroatoms. The summed E-state index contributed by atoms with van der Waals surface area (Å²) in [6.45, 7) is 9.79. The molecule has 0 N–H and O–H groups in total. The predicted molar refractivity (Wildman–Crippen MR) is 115 cm³/mol. The summed E-state index contributed by atoms with van der Waals surface area (Å²) in [5.74, 6) is 4.57. The first-order valence-electron chi connectivity index (χ1n) is 12.7. The highest BCUT2D eigenvalue weighted by molar-refractivity contribution is 5.99. The van der Waals surface area contributed by atoms with E-state index < -0.39 is 0 Å². The van der Waals surface area contributed by atoms with Crippen molar-refractivity contribution >= 4 is 11.8 Å². The molecule has 0 amide bonds. The SMILES string of the molecule is CCC(C)C1C2C(CC[C@]1(C)[C@H]1CCC(=O)O1)[C@@]1(C)CC3(CC3)C(=O)C=C1[C@H]1C[C@@H]21. The molecule has 3 nitrogen and oxygen atoms in total. The summed E-state index contributed by atoms with van der Waals surface area (Å²) in [7, 11) is 0. The van der Waals surface area contributed by atoms with Gasteiger partial charge in [-0.2, -0.15) is 0 Å². The highest BCUT2D eigenvalue weighted by Crippen LogP contribution is 2.76. The van der Waals surface area contributed by atoms with Crippen LogP contribution in [0.4, 0.5) is 0 Å². The maximum Gasteiger partial charge on any atom is 0.306 e. The van der Waals surface area contributed by atoms with Crippen LogP contribution in [0.2, 0.25) is 0 Å². The van der Waals surface area contributed by atoms with Crippen LogP contribution in [-0.2, 0) is 14.3 Å². The third-order valence-corrected chi connectivity index (χ3v) is 11.1. The Balaban J connectivity index is 1.41. The van der Waals surface area contributed by atoms with E-state index in [1.54, 1.807) is 0 Å². The predicted octanol–water partition coefficient (Wildman–Crippen LogP) is 5.72. The maximum atomic E-state index is 12.9. The first kappa shape index (κ1) is 19.6. The summed E-state index contributed by atoms with van der Waals surface area (Å²) in [6.07, 6.45) is 12.0. The van der Waals surface area contributed by atoms with Gasteiger partial charge in [0.1, 0.15) is 6.10 Å². The summed E-state index contributed by atoms with van der Waals surface area (Å²) in [5.41, 5.74) is 1.86. The minimum Gasteiger partial charge on any atom is -0.462 e. The van der Waals surface area contributed by atoms with Crippen LogP contribution in [0.5, 0.6) is 0 Å². The third-order valence-electron chi connectivity index (χ3n) is 11.1. The second-order valence-corrected chi connectivity index (χ2v) is 12.5. The second kappa shape index (κ2) is 6.01. The van der Waals surface area contributed by atoms with Crippen LogP contribution in [-0.4, -0.2) is 17.9 Å². The van der Waals surface area contributed by atoms with E-state index in [0.29, 0.717) is 35.9 Å². The number of cyclic esters (lactones) is 1. The molecule has 1 spiro atoms. The third kappa shape index (κ3) is 2.39. The zero-order chi connectivity index (χ0) is 21.1. The van der Waals surface area contributed by atoms with Gasteiger partial charge in [-0.05, 0) is 91.9 Å². The van der Waals surface area contributed by atoms with Gasteiger partial charge in [0.25, 0.3) is 0 Å². The van der Waals surface area contributed by atoms with Crippen molar-refractivity contribution in [3.63, 3.8) is 0 Å². The molecule has 0 aromatic rings. The van der Waals surface area contributed by atoms with Gasteiger partial charge < -0.3 is 4.74 Å². The number of rotatable bonds is 3. The first-order valence-corrected chi connectivity index (χ1v) is 12.7. The number of ketones is 1. The second-order valence-electron chi connectivity index (χ2n) is 12.5. The average molecular weight is 411 g/mol. The van der Waals surface area contributed by atoms with E-state index in [4.69, 9.17) is 4.74 Å². The number of carbonyl (C=O) groups is 2. The van der Waals surface area contributed by atoms with Crippen molar-refractivity contribution in [1.82, 2.24) is 0 Å². The number of esters is 1. The first-order chi connectivity index (χ1) is 14.2. The number of hydrogen-bond acceptors (Lipinski definition) is 3. The quantitative estimate of drug-likeness (QED) is 0.559. The largest absolute Gasteiger partial charge is 0.462 e. The number of fused-ring (bicyclic) bond motifs is 6. The van der Waals surface area contributed by atoms with Crippen molar-refractivity contribution in [2.45, 2.75) is 91.6 Å². The van der Waals surface area contributed by atoms with E-state index in [9.17, 15) is 9.59 Å². The van der Waals surface area contributed by atoms with Crippen LogP contribution in [0.25, 0.3) is 0 Å². The summed E-state index contributed by atoms with van der Waals surface area (Å²) in [5, 5.41) is 0. The number of carbonyl (C=O) groups excluding carboxylic acids is 2. The molecule has 1 heterocycles. The normalized spacial score (nSPS) is 51.4. The van der Waals surface area contributed by atoms with Gasteiger partial charge in [0, 0.05) is 17.3 Å². The lowest BCUT2D eigenvalue weighted by Crippen LogP contribution is -2.57. The Morgan fingerprint density at radius 1 is 1.17 bits per heavy atom. The van der Waals surface area contributed by atoms with E-state index in [1.807, 2.05) is 0 Å². The summed E-state index contributed by atoms with van der Waals surface area (Å²) in [6, 6.07) is 0. The highest BCUT2D eigenvalue weighted by Gasteiger charge is 2.70. The maximum absolute atomic E-state index is 12.9. The molecule has 0 radical (unpaired) electrons. The Morgan fingerprint density at radius 2 is 1.93 bits per heavy atom. The van der Waals surface area contributed by atoms with Crippen LogP contribution in [0.1, 0.15) is 85.5 Å². The Morgan fingerprint density at radius 3 is 2.57 bits per heavy atom. The minimum atomic E-state index is -0.00186. The molecule has 1 saturated heterocycles. The van der Waals surface area contributed by atoms with Gasteiger partial charge in [-0.15, -0.1) is 0 Å². The van der Waals surface area contributed by atoms with Gasteiger partial charge in [0.15, 0.2) is 5.78 Å². The molecule has 6 aliphatic rings. The fraction of sp³-hybridized carbons (Fsp3) is 0.852. The Kier molecular flexibility index (Phi) is 3.92. The topological polar surface area (TPSA) is 43.4 Å². The Labute approximate surface area is 181 Å². The van der Waals surface area contributed by atoms with Gasteiger partial charge in [0.2, 0.25) is 0 Å². The van der Waals surface area contributed by atoms with Gasteiger partial charge in [-0.25, -0.2) is 0 Å². The summed E-state index contributed by atoms with van der Waals surface area (Å²) < 4.78 is 5.95. The summed E-state index contributed by atoms with van der Waals surface area (Å²) >= 11 is 0. The molecule has 4 unspecified atom stereocenters. The van der Waals surface area contributed by atoms with Gasteiger partial charge in [0.05, 0.1) is 0 Å². The van der Waals surface area contributed by atoms with Gasteiger partial charge in [-0.3, -0.25) is 9.59 Å². The zero-order valence-electron chi connectivity index (χ0n) is 19.2. The molecule has 0 aromatic carbocycles. The molecular weight excluding hydrogens is 372 g/mol. The monoisotopic (exact) mass is 410 g/mol. The number of ether oxygens (including phenoxy) is 1. The smallest absolute Gasteiger partial charge is 0.306 e. The molecule has 4 saturated carbocycles. The number of hydrogen-bond donors (Lipinski definition) is 0. The van der Waals surface area contributed by atoms with Gasteiger partial charge >= 0.3 is 5.97 Å². The lowest BCUT2D eigenvalue weighted by atomic mass is 9.43. The van der Waals surface area contributed by atoms with E-state index in [-0.39, 0.29) is 28.3 Å². The molecule has 5 aliphatic carbocycles. The van der Waals surface area contributed by atoms with Crippen molar-refractivity contribution in [1.29, 1.82) is 0 Å². The lowest BCUT2D eigenvalue weighted by Gasteiger charge is -2.61. The fourth-order valence-corrected chi connectivity index (χ4v) is 9.27.